The van der Waals surface area contributed by atoms with E-state index in [0.29, 0.717) is 11.3 Å². The third kappa shape index (κ3) is 3.19. The maximum absolute atomic E-state index is 12.1. The lowest BCUT2D eigenvalue weighted by Gasteiger charge is -2.09. The molecule has 0 unspecified atom stereocenters. The molecule has 1 aromatic heterocycles. The minimum absolute atomic E-state index is 0.0965. The summed E-state index contributed by atoms with van der Waals surface area (Å²) in [5.74, 6) is 0.133. The number of aromatic nitrogens is 1. The largest absolute Gasteiger partial charge is 0.468 e. The van der Waals surface area contributed by atoms with Crippen molar-refractivity contribution >= 4 is 5.97 Å². The van der Waals surface area contributed by atoms with E-state index in [0.717, 1.165) is 11.1 Å². The molecule has 0 amide bonds. The number of hydrogen-bond donors (Lipinski definition) is 0. The highest BCUT2D eigenvalue weighted by Crippen LogP contribution is 2.31. The van der Waals surface area contributed by atoms with E-state index in [-0.39, 0.29) is 18.3 Å². The van der Waals surface area contributed by atoms with Crippen molar-refractivity contribution in [3.05, 3.63) is 42.1 Å². The molecule has 0 fully saturated rings. The Morgan fingerprint density at radius 3 is 2.64 bits per heavy atom. The van der Waals surface area contributed by atoms with Gasteiger partial charge in [-0.1, -0.05) is 6.07 Å². The van der Waals surface area contributed by atoms with E-state index < -0.39 is 12.8 Å². The van der Waals surface area contributed by atoms with Crippen LogP contribution >= 0.6 is 0 Å². The second kappa shape index (κ2) is 5.32. The van der Waals surface area contributed by atoms with Gasteiger partial charge in [0.2, 0.25) is 5.88 Å². The van der Waals surface area contributed by atoms with Gasteiger partial charge in [0, 0.05) is 23.4 Å². The van der Waals surface area contributed by atoms with Gasteiger partial charge >= 0.3 is 12.1 Å². The monoisotopic (exact) mass is 309 g/mol. The number of esters is 1. The molecular formula is C15H10F3NO3. The van der Waals surface area contributed by atoms with Gasteiger partial charge in [-0.2, -0.15) is 13.2 Å². The molecule has 2 aromatic rings. The Hall–Kier alpha value is -2.57. The Kier molecular flexibility index (Phi) is 3.48. The van der Waals surface area contributed by atoms with Crippen molar-refractivity contribution in [2.24, 2.45) is 0 Å². The van der Waals surface area contributed by atoms with Gasteiger partial charge in [0.25, 0.3) is 0 Å². The topological polar surface area (TPSA) is 48.4 Å². The first-order chi connectivity index (χ1) is 10.4. The summed E-state index contributed by atoms with van der Waals surface area (Å²) in [6.07, 6.45) is -2.76. The summed E-state index contributed by atoms with van der Waals surface area (Å²) in [6, 6.07) is 8.22. The number of benzene rings is 1. The van der Waals surface area contributed by atoms with Crippen LogP contribution < -0.4 is 9.47 Å². The zero-order valence-electron chi connectivity index (χ0n) is 11.2. The average molecular weight is 309 g/mol. The molecule has 0 N–H and O–H groups in total. The number of fused-ring (bicyclic) bond motifs is 1. The highest BCUT2D eigenvalue weighted by atomic mass is 19.4. The third-order valence-electron chi connectivity index (χ3n) is 3.07. The summed E-state index contributed by atoms with van der Waals surface area (Å²) in [7, 11) is 0. The molecular weight excluding hydrogens is 299 g/mol. The van der Waals surface area contributed by atoms with Gasteiger partial charge in [0.15, 0.2) is 6.61 Å². The number of carbonyl (C=O) groups excluding carboxylic acids is 1. The van der Waals surface area contributed by atoms with Crippen LogP contribution in [0.4, 0.5) is 13.2 Å². The number of ether oxygens (including phenoxy) is 2. The molecule has 0 radical (unpaired) electrons. The van der Waals surface area contributed by atoms with E-state index in [1.165, 1.54) is 12.3 Å². The lowest BCUT2D eigenvalue weighted by atomic mass is 10.0. The average Bonchev–Trinajstić information content (AvgIpc) is 2.84. The van der Waals surface area contributed by atoms with Crippen LogP contribution in [-0.4, -0.2) is 23.7 Å². The molecule has 0 atom stereocenters. The summed E-state index contributed by atoms with van der Waals surface area (Å²) < 4.78 is 45.7. The molecule has 0 saturated carbocycles. The zero-order valence-corrected chi connectivity index (χ0v) is 11.2. The molecule has 2 heterocycles. The Labute approximate surface area is 123 Å². The van der Waals surface area contributed by atoms with E-state index in [1.54, 1.807) is 24.3 Å². The lowest BCUT2D eigenvalue weighted by molar-refractivity contribution is -0.154. The second-order valence-corrected chi connectivity index (χ2v) is 4.76. The van der Waals surface area contributed by atoms with Gasteiger partial charge in [-0.05, 0) is 23.8 Å². The number of pyridine rings is 1. The molecule has 1 aliphatic rings. The van der Waals surface area contributed by atoms with Crippen LogP contribution in [-0.2, 0) is 11.2 Å². The highest BCUT2D eigenvalue weighted by molar-refractivity contribution is 5.82. The molecule has 114 valence electrons. The SMILES string of the molecule is O=C1Cc2cc(-c3ccc(OCC(F)(F)F)nc3)ccc2O1. The molecule has 0 spiro atoms. The summed E-state index contributed by atoms with van der Waals surface area (Å²) in [5, 5.41) is 0. The number of halogens is 3. The number of carbonyl (C=O) groups is 1. The van der Waals surface area contributed by atoms with E-state index in [9.17, 15) is 18.0 Å². The fourth-order valence-corrected chi connectivity index (χ4v) is 2.10. The maximum Gasteiger partial charge on any atom is 0.422 e. The van der Waals surface area contributed by atoms with Crippen LogP contribution in [0.25, 0.3) is 11.1 Å². The minimum atomic E-state index is -4.40. The van der Waals surface area contributed by atoms with Crippen molar-refractivity contribution in [3.8, 4) is 22.8 Å². The Morgan fingerprint density at radius 2 is 1.95 bits per heavy atom. The Morgan fingerprint density at radius 1 is 1.18 bits per heavy atom. The van der Waals surface area contributed by atoms with Crippen LogP contribution in [0.15, 0.2) is 36.5 Å². The molecule has 3 rings (SSSR count). The van der Waals surface area contributed by atoms with E-state index in [2.05, 4.69) is 9.72 Å². The summed E-state index contributed by atoms with van der Waals surface area (Å²) in [4.78, 5) is 15.0. The van der Waals surface area contributed by atoms with Crippen LogP contribution in [0.1, 0.15) is 5.56 Å². The number of hydrogen-bond acceptors (Lipinski definition) is 4. The summed E-state index contributed by atoms with van der Waals surface area (Å²) in [6.45, 7) is -1.38. The maximum atomic E-state index is 12.1. The van der Waals surface area contributed by atoms with E-state index in [1.807, 2.05) is 0 Å². The first kappa shape index (κ1) is 14.4. The molecule has 1 aromatic carbocycles. The molecule has 22 heavy (non-hydrogen) atoms. The van der Waals surface area contributed by atoms with Crippen LogP contribution in [0.5, 0.6) is 11.6 Å². The fraction of sp³-hybridized carbons (Fsp3) is 0.200. The number of nitrogens with zero attached hydrogens (tertiary/aromatic N) is 1. The van der Waals surface area contributed by atoms with Crippen molar-refractivity contribution in [2.45, 2.75) is 12.6 Å². The Bertz CT molecular complexity index is 711. The van der Waals surface area contributed by atoms with E-state index in [4.69, 9.17) is 4.74 Å². The van der Waals surface area contributed by atoms with Crippen molar-refractivity contribution in [1.82, 2.24) is 4.98 Å². The van der Waals surface area contributed by atoms with Gasteiger partial charge in [0.1, 0.15) is 5.75 Å². The van der Waals surface area contributed by atoms with Gasteiger partial charge < -0.3 is 9.47 Å². The first-order valence-corrected chi connectivity index (χ1v) is 6.40. The molecule has 0 bridgehead atoms. The van der Waals surface area contributed by atoms with Crippen LogP contribution in [0.2, 0.25) is 0 Å². The standard InChI is InChI=1S/C15H10F3NO3/c16-15(17,18)8-21-13-4-2-10(7-19-13)9-1-3-12-11(5-9)6-14(20)22-12/h1-5,7H,6,8H2. The van der Waals surface area contributed by atoms with Gasteiger partial charge in [0.05, 0.1) is 6.42 Å². The highest BCUT2D eigenvalue weighted by Gasteiger charge is 2.28. The van der Waals surface area contributed by atoms with Crippen LogP contribution in [0.3, 0.4) is 0 Å². The van der Waals surface area contributed by atoms with Crippen LogP contribution in [0, 0.1) is 0 Å². The fourth-order valence-electron chi connectivity index (χ4n) is 2.10. The predicted molar refractivity (Wildman–Crippen MR) is 70.6 cm³/mol. The van der Waals surface area contributed by atoms with Crippen molar-refractivity contribution in [1.29, 1.82) is 0 Å². The number of alkyl halides is 3. The van der Waals surface area contributed by atoms with Gasteiger partial charge in [-0.25, -0.2) is 4.98 Å². The number of rotatable bonds is 3. The van der Waals surface area contributed by atoms with Gasteiger partial charge in [-0.15, -0.1) is 0 Å². The molecule has 4 nitrogen and oxygen atoms in total. The predicted octanol–water partition coefficient (Wildman–Crippen LogP) is 3.15. The molecule has 0 saturated heterocycles. The normalized spacial score (nSPS) is 13.7. The van der Waals surface area contributed by atoms with Crippen molar-refractivity contribution in [3.63, 3.8) is 0 Å². The summed E-state index contributed by atoms with van der Waals surface area (Å²) >= 11 is 0. The molecule has 1 aliphatic heterocycles. The summed E-state index contributed by atoms with van der Waals surface area (Å²) in [5.41, 5.74) is 2.29. The lowest BCUT2D eigenvalue weighted by Crippen LogP contribution is -2.19. The van der Waals surface area contributed by atoms with E-state index >= 15 is 0 Å². The quantitative estimate of drug-likeness (QED) is 0.645. The molecule has 7 heteroatoms. The smallest absolute Gasteiger partial charge is 0.422 e. The second-order valence-electron chi connectivity index (χ2n) is 4.76. The Balaban J connectivity index is 1.76. The first-order valence-electron chi connectivity index (χ1n) is 6.40. The van der Waals surface area contributed by atoms with Gasteiger partial charge in [-0.3, -0.25) is 4.79 Å². The third-order valence-corrected chi connectivity index (χ3v) is 3.07. The molecule has 0 aliphatic carbocycles. The van der Waals surface area contributed by atoms with Crippen molar-refractivity contribution in [2.75, 3.05) is 6.61 Å². The van der Waals surface area contributed by atoms with Crippen molar-refractivity contribution < 1.29 is 27.4 Å². The minimum Gasteiger partial charge on any atom is -0.468 e. The zero-order chi connectivity index (χ0) is 15.7.